The summed E-state index contributed by atoms with van der Waals surface area (Å²) in [6.07, 6.45) is -0.0467. The predicted octanol–water partition coefficient (Wildman–Crippen LogP) is 11.3. The maximum atomic E-state index is 13.0. The number of hydrazine groups is 1. The number of nitrogens with zero attached hydrogens (tertiary/aromatic N) is 7. The van der Waals surface area contributed by atoms with Crippen molar-refractivity contribution >= 4 is 109 Å². The van der Waals surface area contributed by atoms with Crippen molar-refractivity contribution in [2.45, 2.75) is 6.42 Å². The van der Waals surface area contributed by atoms with E-state index in [4.69, 9.17) is 39.9 Å². The van der Waals surface area contributed by atoms with Gasteiger partial charge in [-0.2, -0.15) is 15.2 Å². The second kappa shape index (κ2) is 36.1. The van der Waals surface area contributed by atoms with Crippen molar-refractivity contribution in [1.29, 1.82) is 5.26 Å². The molecule has 24 nitrogen and oxygen atoms in total. The van der Waals surface area contributed by atoms with Gasteiger partial charge in [0, 0.05) is 44.6 Å². The van der Waals surface area contributed by atoms with Crippen LogP contribution in [0.15, 0.2) is 178 Å². The molecule has 30 heteroatoms. The fraction of sp³-hybridized carbons (Fsp3) is 0.115. The van der Waals surface area contributed by atoms with Gasteiger partial charge >= 0.3 is 11.9 Å². The molecule has 6 aromatic carbocycles. The van der Waals surface area contributed by atoms with E-state index in [0.717, 1.165) is 35.0 Å². The van der Waals surface area contributed by atoms with Gasteiger partial charge in [0.05, 0.1) is 60.7 Å². The highest BCUT2D eigenvalue weighted by molar-refractivity contribution is 9.11. The van der Waals surface area contributed by atoms with E-state index in [9.17, 15) is 33.5 Å². The molecule has 0 unspecified atom stereocenters. The number of ether oxygens (including phenoxy) is 6. The Kier molecular flexibility index (Phi) is 28.6. The minimum Gasteiger partial charge on any atom is -0.501 e. The summed E-state index contributed by atoms with van der Waals surface area (Å²) in [5, 5.41) is 29.0. The van der Waals surface area contributed by atoms with Gasteiger partial charge in [-0.15, -0.1) is 0 Å². The highest BCUT2D eigenvalue weighted by Gasteiger charge is 2.25. The van der Waals surface area contributed by atoms with Crippen molar-refractivity contribution in [3.8, 4) is 69.2 Å². The molecular formula is C61H51Br5FN11O13. The van der Waals surface area contributed by atoms with Crippen LogP contribution in [-0.4, -0.2) is 112 Å². The molecule has 0 atom stereocenters. The molecule has 0 aliphatic carbocycles. The van der Waals surface area contributed by atoms with Crippen molar-refractivity contribution in [2.24, 2.45) is 10.9 Å². The molecule has 0 aliphatic rings. The molecule has 0 spiro atoms. The maximum Gasteiger partial charge on any atom is 0.360 e. The van der Waals surface area contributed by atoms with E-state index in [1.807, 2.05) is 66.7 Å². The van der Waals surface area contributed by atoms with Gasteiger partial charge in [-0.05, 0) is 90.5 Å². The Hall–Kier alpha value is -9.67. The fourth-order valence-corrected chi connectivity index (χ4v) is 8.34. The Balaban J connectivity index is 0.000000220. The molecule has 3 heterocycles. The molecule has 91 heavy (non-hydrogen) atoms. The molecule has 470 valence electrons. The molecule has 9 rings (SSSR count). The summed E-state index contributed by atoms with van der Waals surface area (Å²) in [4.78, 5) is 83.0. The quantitative estimate of drug-likeness (QED) is 0.0205. The van der Waals surface area contributed by atoms with Crippen molar-refractivity contribution in [3.63, 3.8) is 0 Å². The molecule has 3 aromatic heterocycles. The van der Waals surface area contributed by atoms with Crippen LogP contribution >= 0.6 is 79.6 Å². The zero-order chi connectivity index (χ0) is 66.7. The van der Waals surface area contributed by atoms with E-state index in [-0.39, 0.29) is 58.6 Å². The summed E-state index contributed by atoms with van der Waals surface area (Å²) < 4.78 is 47.6. The lowest BCUT2D eigenvalue weighted by molar-refractivity contribution is -0.121. The van der Waals surface area contributed by atoms with Gasteiger partial charge < -0.3 is 49.5 Å². The number of amides is 2. The number of carbonyl (C=O) groups is 4. The molecule has 0 fully saturated rings. The minimum absolute atomic E-state index is 0.0183. The normalized spacial score (nSPS) is 10.2. The van der Waals surface area contributed by atoms with E-state index < -0.39 is 46.6 Å². The van der Waals surface area contributed by atoms with Crippen LogP contribution in [0.2, 0.25) is 0 Å². The number of H-pyrrole nitrogens is 1. The number of oxime groups is 1. The summed E-state index contributed by atoms with van der Waals surface area (Å²) in [5.41, 5.74) is 12.6. The smallest absolute Gasteiger partial charge is 0.360 e. The Morgan fingerprint density at radius 3 is 1.42 bits per heavy atom. The standard InChI is InChI=1S/C21H18BrFN4O4.C14H13BrN2O4.C12H9BrN2O4.C7H7BrN2O.C7H4BrN/c1-30-18-17(20(29)27-26-16(28)11-12-3-9-15(23)10-4-12)24-19(25-21(18)31-2)13-5-7-14(22)8-6-13;1-19-11-10(14(18)21-3)16-12(17-13(11)20-2)8-4-6-9(15)7-5-8;1-19-12(18)8-9(16)11(17)15-10(14-8)6-2-4-7(13)5-3-6;8-6-3-1-5(2-4-6)7(9)10-11;8-7-3-1-6(5-9)2-4-7/h3-10H,11H2,1-2H3,(H,26,28)(H,27,29);4-7H,1-3H3;2-5,16H,1H3,(H,14,15,17);1-4,11H,(H2,9,10);1-4H. The second-order valence-corrected chi connectivity index (χ2v) is 22.0. The van der Waals surface area contributed by atoms with Crippen LogP contribution in [0, 0.1) is 17.1 Å². The number of amidine groups is 1. The van der Waals surface area contributed by atoms with Gasteiger partial charge in [-0.25, -0.2) is 28.9 Å². The topological polar surface area (TPSA) is 348 Å². The number of hydrogen-bond donors (Lipinski definition) is 6. The number of aromatic hydroxyl groups is 1. The number of methoxy groups -OCH3 is 6. The Morgan fingerprint density at radius 2 is 0.989 bits per heavy atom. The zero-order valence-corrected chi connectivity index (χ0v) is 56.4. The van der Waals surface area contributed by atoms with Crippen LogP contribution in [0.4, 0.5) is 4.39 Å². The van der Waals surface area contributed by atoms with E-state index in [0.29, 0.717) is 33.6 Å². The number of aromatic amines is 1. The van der Waals surface area contributed by atoms with Crippen LogP contribution in [0.5, 0.6) is 29.0 Å². The van der Waals surface area contributed by atoms with Gasteiger partial charge in [0.1, 0.15) is 11.6 Å². The number of hydrogen-bond acceptors (Lipinski definition) is 20. The Bertz CT molecular complexity index is 4100. The van der Waals surface area contributed by atoms with Crippen LogP contribution in [-0.2, 0) is 20.7 Å². The first-order valence-electron chi connectivity index (χ1n) is 25.6. The fourth-order valence-electron chi connectivity index (χ4n) is 7.02. The third-order valence-electron chi connectivity index (χ3n) is 11.5. The summed E-state index contributed by atoms with van der Waals surface area (Å²) in [7, 11) is 8.01. The first kappa shape index (κ1) is 72.1. The average molecular weight is 1560 g/mol. The molecule has 0 saturated heterocycles. The van der Waals surface area contributed by atoms with Gasteiger partial charge in [-0.3, -0.25) is 25.2 Å². The first-order chi connectivity index (χ1) is 43.6. The number of rotatable bonds is 13. The lowest BCUT2D eigenvalue weighted by atomic mass is 10.1. The average Bonchev–Trinajstić information content (AvgIpc) is 0.999. The van der Waals surface area contributed by atoms with Crippen LogP contribution in [0.25, 0.3) is 34.2 Å². The minimum atomic E-state index is -0.873. The van der Waals surface area contributed by atoms with E-state index in [2.05, 4.69) is 130 Å². The SMILES string of the molecule is COC(=O)c1nc(-c2ccc(Br)cc2)[nH]c(=O)c1O.COC(=O)c1nc(-c2ccc(Br)cc2)nc(OC)c1OC.COc1nc(-c2ccc(Br)cc2)nc(C(=O)NNC(=O)Cc2ccc(F)cc2)c1OC.N#Cc1ccc(Br)cc1.NC(=NO)c1ccc(Br)cc1. The number of nitrogens with one attached hydrogen (secondary N) is 3. The van der Waals surface area contributed by atoms with Crippen LogP contribution < -0.4 is 41.1 Å². The van der Waals surface area contributed by atoms with Gasteiger partial charge in [-0.1, -0.05) is 145 Å². The van der Waals surface area contributed by atoms with E-state index in [1.54, 1.807) is 60.7 Å². The summed E-state index contributed by atoms with van der Waals surface area (Å²) in [6, 6.07) is 43.4. The molecule has 0 aliphatic heterocycles. The number of halogens is 6. The highest BCUT2D eigenvalue weighted by Crippen LogP contribution is 2.33. The lowest BCUT2D eigenvalue weighted by Crippen LogP contribution is -2.42. The summed E-state index contributed by atoms with van der Waals surface area (Å²) in [6.45, 7) is 0. The maximum absolute atomic E-state index is 13.0. The molecule has 0 bridgehead atoms. The largest absolute Gasteiger partial charge is 0.501 e. The molecule has 0 saturated carbocycles. The number of carbonyl (C=O) groups excluding carboxylic acids is 4. The van der Waals surface area contributed by atoms with Crippen LogP contribution in [0.1, 0.15) is 48.2 Å². The zero-order valence-electron chi connectivity index (χ0n) is 48.4. The van der Waals surface area contributed by atoms with Gasteiger partial charge in [0.2, 0.25) is 23.2 Å². The van der Waals surface area contributed by atoms with Gasteiger partial charge in [0.25, 0.3) is 23.2 Å². The molecule has 7 N–H and O–H groups in total. The Labute approximate surface area is 560 Å². The lowest BCUT2D eigenvalue weighted by Gasteiger charge is -2.13. The summed E-state index contributed by atoms with van der Waals surface area (Å²) >= 11 is 16.5. The van der Waals surface area contributed by atoms with Gasteiger partial charge in [0.15, 0.2) is 34.6 Å². The third-order valence-corrected chi connectivity index (χ3v) is 14.1. The highest BCUT2D eigenvalue weighted by atomic mass is 79.9. The van der Waals surface area contributed by atoms with Crippen LogP contribution in [0.3, 0.4) is 0 Å². The predicted molar refractivity (Wildman–Crippen MR) is 350 cm³/mol. The van der Waals surface area contributed by atoms with E-state index in [1.165, 1.54) is 59.8 Å². The number of benzene rings is 6. The Morgan fingerprint density at radius 1 is 0.571 bits per heavy atom. The molecule has 9 aromatic rings. The summed E-state index contributed by atoms with van der Waals surface area (Å²) in [5.74, 6) is -2.56. The first-order valence-corrected chi connectivity index (χ1v) is 29.6. The second-order valence-electron chi connectivity index (χ2n) is 17.4. The molecule has 0 radical (unpaired) electrons. The van der Waals surface area contributed by atoms with Crippen molar-refractivity contribution in [2.75, 3.05) is 42.7 Å². The monoisotopic (exact) mass is 1560 g/mol. The number of nitrogens with two attached hydrogens (primary N) is 1. The number of aromatic nitrogens is 6. The third kappa shape index (κ3) is 21.5. The van der Waals surface area contributed by atoms with Crippen molar-refractivity contribution in [3.05, 3.63) is 218 Å². The van der Waals surface area contributed by atoms with Crippen molar-refractivity contribution < 1.29 is 62.3 Å². The molecule has 2 amide bonds. The molecular weight excluding hydrogens is 1510 g/mol. The number of esters is 2. The van der Waals surface area contributed by atoms with Crippen molar-refractivity contribution in [1.82, 2.24) is 40.8 Å². The van der Waals surface area contributed by atoms with E-state index >= 15 is 0 Å². The number of nitriles is 1.